The van der Waals surface area contributed by atoms with Crippen LogP contribution < -0.4 is 5.56 Å². The second-order valence-electron chi connectivity index (χ2n) is 9.52. The highest BCUT2D eigenvalue weighted by Crippen LogP contribution is 2.21. The molecule has 2 aromatic carbocycles. The average molecular weight is 490 g/mol. The number of benzene rings is 2. The third-order valence-corrected chi connectivity index (χ3v) is 6.26. The van der Waals surface area contributed by atoms with Crippen LogP contribution in [0.1, 0.15) is 32.3 Å². The van der Waals surface area contributed by atoms with Crippen LogP contribution in [0, 0.1) is 11.8 Å². The lowest BCUT2D eigenvalue weighted by Gasteiger charge is -2.19. The molecule has 4 rings (SSSR count). The molecule has 2 heterocycles. The number of nitrogens with zero attached hydrogens (tertiary/aromatic N) is 5. The first-order chi connectivity index (χ1) is 17.3. The van der Waals surface area contributed by atoms with Gasteiger partial charge in [0.2, 0.25) is 0 Å². The van der Waals surface area contributed by atoms with Crippen LogP contribution in [-0.2, 0) is 24.3 Å². The summed E-state index contributed by atoms with van der Waals surface area (Å²) in [5, 5.41) is 33.1. The Labute approximate surface area is 209 Å². The quantitative estimate of drug-likeness (QED) is 0.331. The van der Waals surface area contributed by atoms with Gasteiger partial charge in [-0.1, -0.05) is 55.5 Å². The van der Waals surface area contributed by atoms with Crippen LogP contribution in [0.2, 0.25) is 0 Å². The van der Waals surface area contributed by atoms with E-state index in [0.717, 1.165) is 27.9 Å². The van der Waals surface area contributed by atoms with E-state index in [0.29, 0.717) is 29.7 Å². The Morgan fingerprint density at radius 2 is 1.78 bits per heavy atom. The summed E-state index contributed by atoms with van der Waals surface area (Å²) >= 11 is 0. The van der Waals surface area contributed by atoms with Gasteiger partial charge < -0.3 is 10.2 Å². The van der Waals surface area contributed by atoms with E-state index in [1.807, 2.05) is 41.3 Å². The minimum atomic E-state index is -1.10. The van der Waals surface area contributed by atoms with Gasteiger partial charge in [0.1, 0.15) is 5.52 Å². The van der Waals surface area contributed by atoms with Crippen LogP contribution in [0.3, 0.4) is 0 Å². The van der Waals surface area contributed by atoms with Gasteiger partial charge in [-0.3, -0.25) is 14.3 Å². The first-order valence-electron chi connectivity index (χ1n) is 12.2. The highest BCUT2D eigenvalue weighted by molar-refractivity contribution is 5.76. The summed E-state index contributed by atoms with van der Waals surface area (Å²) in [5.41, 5.74) is 3.27. The molecule has 0 aliphatic heterocycles. The largest absolute Gasteiger partial charge is 0.481 e. The fraction of sp³-hybridized carbons (Fsp3) is 0.370. The molecule has 9 heteroatoms. The molecule has 4 aromatic rings. The van der Waals surface area contributed by atoms with Crippen LogP contribution in [0.25, 0.3) is 22.0 Å². The number of aliphatic hydroxyl groups excluding tert-OH is 1. The predicted molar refractivity (Wildman–Crippen MR) is 136 cm³/mol. The Bertz CT molecular complexity index is 1380. The number of rotatable bonds is 11. The van der Waals surface area contributed by atoms with E-state index >= 15 is 0 Å². The number of hydrogen-bond donors (Lipinski definition) is 2. The summed E-state index contributed by atoms with van der Waals surface area (Å²) in [6.45, 7) is 5.22. The van der Waals surface area contributed by atoms with Gasteiger partial charge in [-0.05, 0) is 48.4 Å². The first-order valence-corrected chi connectivity index (χ1v) is 12.2. The minimum absolute atomic E-state index is 0.0594. The molecule has 2 unspecified atom stereocenters. The van der Waals surface area contributed by atoms with Crippen LogP contribution in [0.4, 0.5) is 0 Å². The second kappa shape index (κ2) is 11.3. The van der Waals surface area contributed by atoms with Gasteiger partial charge in [-0.2, -0.15) is 5.10 Å². The summed E-state index contributed by atoms with van der Waals surface area (Å²) in [6, 6.07) is 14.9. The molecule has 2 atom stereocenters. The molecule has 0 saturated carbocycles. The molecule has 0 spiro atoms. The van der Waals surface area contributed by atoms with E-state index < -0.39 is 18.0 Å². The van der Waals surface area contributed by atoms with Crippen molar-refractivity contribution in [3.8, 4) is 11.1 Å². The van der Waals surface area contributed by atoms with Gasteiger partial charge in [0.15, 0.2) is 0 Å². The van der Waals surface area contributed by atoms with E-state index in [2.05, 4.69) is 29.3 Å². The lowest BCUT2D eigenvalue weighted by Crippen LogP contribution is -2.32. The Morgan fingerprint density at radius 3 is 2.50 bits per heavy atom. The molecule has 188 valence electrons. The van der Waals surface area contributed by atoms with Gasteiger partial charge in [0, 0.05) is 24.8 Å². The molecular weight excluding hydrogens is 458 g/mol. The lowest BCUT2D eigenvalue weighted by molar-refractivity contribution is -0.146. The van der Waals surface area contributed by atoms with Crippen molar-refractivity contribution in [2.24, 2.45) is 11.8 Å². The van der Waals surface area contributed by atoms with Gasteiger partial charge in [-0.15, -0.1) is 5.10 Å². The Morgan fingerprint density at radius 1 is 1.03 bits per heavy atom. The van der Waals surface area contributed by atoms with Crippen molar-refractivity contribution >= 4 is 16.9 Å². The molecule has 0 radical (unpaired) electrons. The van der Waals surface area contributed by atoms with Gasteiger partial charge in [0.25, 0.3) is 5.56 Å². The van der Waals surface area contributed by atoms with Crippen LogP contribution >= 0.6 is 0 Å². The number of carboxylic acid groups (broad SMARTS) is 1. The highest BCUT2D eigenvalue weighted by Gasteiger charge is 2.26. The molecule has 0 saturated heterocycles. The highest BCUT2D eigenvalue weighted by atomic mass is 16.4. The number of carbonyl (C=O) groups is 1. The second-order valence-corrected chi connectivity index (χ2v) is 9.52. The summed E-state index contributed by atoms with van der Waals surface area (Å²) in [5.74, 6) is -1.60. The molecule has 0 fully saturated rings. The fourth-order valence-electron chi connectivity index (χ4n) is 4.28. The van der Waals surface area contributed by atoms with Crippen molar-refractivity contribution in [3.63, 3.8) is 0 Å². The van der Waals surface area contributed by atoms with Crippen molar-refractivity contribution < 1.29 is 15.0 Å². The number of aliphatic hydroxyl groups is 1. The van der Waals surface area contributed by atoms with E-state index in [9.17, 15) is 19.8 Å². The molecule has 2 N–H and O–H groups in total. The predicted octanol–water partition coefficient (Wildman–Crippen LogP) is 3.40. The number of aromatic nitrogens is 5. The zero-order chi connectivity index (χ0) is 25.7. The monoisotopic (exact) mass is 489 g/mol. The Hall–Kier alpha value is -3.85. The molecule has 2 aromatic heterocycles. The number of aliphatic carboxylic acids is 1. The Kier molecular flexibility index (Phi) is 7.90. The zero-order valence-corrected chi connectivity index (χ0v) is 20.5. The summed E-state index contributed by atoms with van der Waals surface area (Å²) in [6.07, 6.45) is 3.73. The maximum absolute atomic E-state index is 12.6. The number of carboxylic acids is 1. The van der Waals surface area contributed by atoms with Crippen molar-refractivity contribution in [1.82, 2.24) is 24.8 Å². The van der Waals surface area contributed by atoms with Crippen LogP contribution in [0.5, 0.6) is 0 Å². The molecule has 0 aliphatic carbocycles. The van der Waals surface area contributed by atoms with Crippen molar-refractivity contribution in [2.45, 2.75) is 52.3 Å². The van der Waals surface area contributed by atoms with E-state index in [1.54, 1.807) is 24.3 Å². The zero-order valence-electron chi connectivity index (χ0n) is 20.5. The fourth-order valence-corrected chi connectivity index (χ4v) is 4.28. The van der Waals surface area contributed by atoms with Crippen molar-refractivity contribution in [1.29, 1.82) is 0 Å². The van der Waals surface area contributed by atoms with Gasteiger partial charge in [0.05, 0.1) is 23.6 Å². The molecule has 36 heavy (non-hydrogen) atoms. The number of hydrogen-bond acceptors (Lipinski definition) is 6. The molecule has 9 nitrogen and oxygen atoms in total. The smallest absolute Gasteiger partial charge is 0.309 e. The third-order valence-electron chi connectivity index (χ3n) is 6.26. The van der Waals surface area contributed by atoms with E-state index in [-0.39, 0.29) is 18.5 Å². The first kappa shape index (κ1) is 25.2. The topological polar surface area (TPSA) is 123 Å². The van der Waals surface area contributed by atoms with Gasteiger partial charge >= 0.3 is 5.97 Å². The summed E-state index contributed by atoms with van der Waals surface area (Å²) in [7, 11) is 0. The molecule has 0 amide bonds. The standard InChI is InChI=1S/C27H31N5O4/c1-18(2)16-31-17-21(15-28-31)20-10-7-19(8-11-20)9-12-25(33)23(27(35)36)13-14-32-26(34)22-5-3-4-6-24(22)29-30-32/h3-8,10-11,15,17-18,23,25,33H,9,12-14,16H2,1-2H3,(H,35,36). The van der Waals surface area contributed by atoms with Crippen molar-refractivity contribution in [2.75, 3.05) is 0 Å². The SMILES string of the molecule is CC(C)Cn1cc(-c2ccc(CCC(O)C(CCn3nnc4ccccc4c3=O)C(=O)O)cc2)cn1. The molecule has 0 bridgehead atoms. The summed E-state index contributed by atoms with van der Waals surface area (Å²) in [4.78, 5) is 24.5. The van der Waals surface area contributed by atoms with Gasteiger partial charge in [-0.25, -0.2) is 4.68 Å². The van der Waals surface area contributed by atoms with E-state index in [4.69, 9.17) is 0 Å². The minimum Gasteiger partial charge on any atom is -0.481 e. The van der Waals surface area contributed by atoms with Crippen LogP contribution in [0.15, 0.2) is 65.7 Å². The molecule has 0 aliphatic rings. The average Bonchev–Trinajstić information content (AvgIpc) is 3.32. The normalized spacial score (nSPS) is 13.2. The Balaban J connectivity index is 1.35. The molecular formula is C27H31N5O4. The van der Waals surface area contributed by atoms with Crippen molar-refractivity contribution in [3.05, 3.63) is 76.8 Å². The maximum Gasteiger partial charge on any atom is 0.309 e. The van der Waals surface area contributed by atoms with Crippen LogP contribution in [-0.4, -0.2) is 47.1 Å². The third kappa shape index (κ3) is 6.04. The van der Waals surface area contributed by atoms with E-state index in [1.165, 1.54) is 0 Å². The number of aryl methyl sites for hydroxylation is 2. The maximum atomic E-state index is 12.6. The number of fused-ring (bicyclic) bond motifs is 1. The summed E-state index contributed by atoms with van der Waals surface area (Å²) < 4.78 is 3.10. The lowest BCUT2D eigenvalue weighted by atomic mass is 9.93.